The molecule has 21 heavy (non-hydrogen) atoms. The van der Waals surface area contributed by atoms with Gasteiger partial charge in [-0.2, -0.15) is 0 Å². The number of carbonyl (C=O) groups is 1. The van der Waals surface area contributed by atoms with Crippen molar-refractivity contribution < 1.29 is 14.6 Å². The van der Waals surface area contributed by atoms with Crippen molar-refractivity contribution in [2.75, 3.05) is 44.3 Å². The maximum Gasteiger partial charge on any atom is 0.339 e. The van der Waals surface area contributed by atoms with Gasteiger partial charge in [-0.3, -0.25) is 9.88 Å². The summed E-state index contributed by atoms with van der Waals surface area (Å²) in [5, 5.41) is 9.34. The van der Waals surface area contributed by atoms with Crippen LogP contribution in [0.4, 0.5) is 5.69 Å². The maximum absolute atomic E-state index is 11.4. The van der Waals surface area contributed by atoms with Gasteiger partial charge in [-0.05, 0) is 19.4 Å². The minimum absolute atomic E-state index is 0.295. The molecule has 0 aromatic carbocycles. The molecule has 2 saturated heterocycles. The Morgan fingerprint density at radius 3 is 2.86 bits per heavy atom. The van der Waals surface area contributed by atoms with Crippen molar-refractivity contribution in [3.8, 4) is 0 Å². The first-order chi connectivity index (χ1) is 10.1. The summed E-state index contributed by atoms with van der Waals surface area (Å²) in [4.78, 5) is 20.1. The van der Waals surface area contributed by atoms with Gasteiger partial charge in [-0.15, -0.1) is 0 Å². The van der Waals surface area contributed by atoms with E-state index in [0.29, 0.717) is 11.6 Å². The van der Waals surface area contributed by atoms with E-state index in [-0.39, 0.29) is 0 Å². The van der Waals surface area contributed by atoms with Gasteiger partial charge in [0.1, 0.15) is 5.56 Å². The number of aromatic nitrogens is 1. The number of carboxylic acids is 1. The highest BCUT2D eigenvalue weighted by atomic mass is 16.5. The van der Waals surface area contributed by atoms with Gasteiger partial charge < -0.3 is 14.7 Å². The summed E-state index contributed by atoms with van der Waals surface area (Å²) in [6.45, 7) is 7.20. The molecule has 0 amide bonds. The van der Waals surface area contributed by atoms with Gasteiger partial charge >= 0.3 is 5.97 Å². The Bertz CT molecular complexity index is 529. The SMILES string of the molecule is Cc1cc(N2CCC(N3CCOCC3)C2)c(C(=O)O)cn1. The second-order valence-corrected chi connectivity index (χ2v) is 5.68. The lowest BCUT2D eigenvalue weighted by molar-refractivity contribution is 0.0209. The Morgan fingerprint density at radius 2 is 2.14 bits per heavy atom. The highest BCUT2D eigenvalue weighted by Gasteiger charge is 2.30. The molecule has 0 radical (unpaired) electrons. The molecule has 1 atom stereocenters. The minimum Gasteiger partial charge on any atom is -0.478 e. The van der Waals surface area contributed by atoms with Gasteiger partial charge in [-0.25, -0.2) is 4.79 Å². The van der Waals surface area contributed by atoms with E-state index in [1.54, 1.807) is 0 Å². The Labute approximate surface area is 124 Å². The molecule has 1 aromatic heterocycles. The number of rotatable bonds is 3. The highest BCUT2D eigenvalue weighted by molar-refractivity contribution is 5.94. The lowest BCUT2D eigenvalue weighted by Crippen LogP contribution is -2.44. The average molecular weight is 291 g/mol. The Morgan fingerprint density at radius 1 is 1.38 bits per heavy atom. The van der Waals surface area contributed by atoms with Crippen molar-refractivity contribution in [2.45, 2.75) is 19.4 Å². The second kappa shape index (κ2) is 5.99. The summed E-state index contributed by atoms with van der Waals surface area (Å²) in [6.07, 6.45) is 2.54. The van der Waals surface area contributed by atoms with Crippen molar-refractivity contribution >= 4 is 11.7 Å². The van der Waals surface area contributed by atoms with Crippen molar-refractivity contribution in [1.82, 2.24) is 9.88 Å². The van der Waals surface area contributed by atoms with Crippen LogP contribution in [0.5, 0.6) is 0 Å². The van der Waals surface area contributed by atoms with Gasteiger partial charge in [0.05, 0.1) is 18.9 Å². The molecule has 0 saturated carbocycles. The number of aryl methyl sites for hydroxylation is 1. The molecule has 1 unspecified atom stereocenters. The number of aromatic carboxylic acids is 1. The molecule has 2 aliphatic heterocycles. The number of anilines is 1. The quantitative estimate of drug-likeness (QED) is 0.896. The third-order valence-corrected chi connectivity index (χ3v) is 4.32. The summed E-state index contributed by atoms with van der Waals surface area (Å²) in [5.74, 6) is -0.910. The largest absolute Gasteiger partial charge is 0.478 e. The summed E-state index contributed by atoms with van der Waals surface area (Å²) in [6, 6.07) is 2.37. The molecular weight excluding hydrogens is 270 g/mol. The zero-order chi connectivity index (χ0) is 14.8. The standard InChI is InChI=1S/C15H21N3O3/c1-11-8-14(13(9-16-11)15(19)20)18-3-2-12(10-18)17-4-6-21-7-5-17/h8-9,12H,2-7,10H2,1H3,(H,19,20). The lowest BCUT2D eigenvalue weighted by atomic mass is 10.2. The normalized spacial score (nSPS) is 23.5. The number of nitrogens with zero attached hydrogens (tertiary/aromatic N) is 3. The van der Waals surface area contributed by atoms with E-state index in [2.05, 4.69) is 14.8 Å². The van der Waals surface area contributed by atoms with E-state index in [0.717, 1.165) is 57.2 Å². The van der Waals surface area contributed by atoms with Crippen LogP contribution >= 0.6 is 0 Å². The van der Waals surface area contributed by atoms with Crippen molar-refractivity contribution in [2.24, 2.45) is 0 Å². The van der Waals surface area contributed by atoms with E-state index in [1.165, 1.54) is 6.20 Å². The smallest absolute Gasteiger partial charge is 0.339 e. The molecule has 6 heteroatoms. The van der Waals surface area contributed by atoms with Gasteiger partial charge in [-0.1, -0.05) is 0 Å². The summed E-state index contributed by atoms with van der Waals surface area (Å²) < 4.78 is 5.40. The fraction of sp³-hybridized carbons (Fsp3) is 0.600. The Balaban J connectivity index is 1.76. The highest BCUT2D eigenvalue weighted by Crippen LogP contribution is 2.27. The fourth-order valence-corrected chi connectivity index (χ4v) is 3.17. The Hall–Kier alpha value is -1.66. The third-order valence-electron chi connectivity index (χ3n) is 4.32. The first-order valence-corrected chi connectivity index (χ1v) is 7.42. The molecule has 6 nitrogen and oxygen atoms in total. The zero-order valence-corrected chi connectivity index (χ0v) is 12.3. The molecule has 0 aliphatic carbocycles. The monoisotopic (exact) mass is 291 g/mol. The van der Waals surface area contributed by atoms with E-state index >= 15 is 0 Å². The predicted octanol–water partition coefficient (Wildman–Crippen LogP) is 0.999. The van der Waals surface area contributed by atoms with E-state index in [9.17, 15) is 9.90 Å². The molecule has 3 rings (SSSR count). The second-order valence-electron chi connectivity index (χ2n) is 5.68. The number of carboxylic acid groups (broad SMARTS) is 1. The summed E-state index contributed by atoms with van der Waals surface area (Å²) >= 11 is 0. The van der Waals surface area contributed by atoms with Crippen LogP contribution in [0.2, 0.25) is 0 Å². The summed E-state index contributed by atoms with van der Waals surface area (Å²) in [5.41, 5.74) is 1.94. The number of pyridine rings is 1. The molecule has 0 bridgehead atoms. The van der Waals surface area contributed by atoms with E-state index < -0.39 is 5.97 Å². The van der Waals surface area contributed by atoms with E-state index in [1.807, 2.05) is 13.0 Å². The molecule has 1 aromatic rings. The van der Waals surface area contributed by atoms with Crippen LogP contribution in [0, 0.1) is 6.92 Å². The van der Waals surface area contributed by atoms with Crippen LogP contribution in [-0.4, -0.2) is 66.4 Å². The van der Waals surface area contributed by atoms with Crippen LogP contribution in [0.3, 0.4) is 0 Å². The van der Waals surface area contributed by atoms with Crippen LogP contribution in [0.1, 0.15) is 22.5 Å². The van der Waals surface area contributed by atoms with Gasteiger partial charge in [0.15, 0.2) is 0 Å². The molecule has 0 spiro atoms. The van der Waals surface area contributed by atoms with Crippen molar-refractivity contribution in [1.29, 1.82) is 0 Å². The first-order valence-electron chi connectivity index (χ1n) is 7.42. The molecule has 2 fully saturated rings. The summed E-state index contributed by atoms with van der Waals surface area (Å²) in [7, 11) is 0. The Kier molecular flexibility index (Phi) is 4.07. The van der Waals surface area contributed by atoms with Gasteiger partial charge in [0.25, 0.3) is 0 Å². The van der Waals surface area contributed by atoms with Gasteiger partial charge in [0.2, 0.25) is 0 Å². The van der Waals surface area contributed by atoms with Gasteiger partial charge in [0, 0.05) is 44.1 Å². The zero-order valence-electron chi connectivity index (χ0n) is 12.3. The van der Waals surface area contributed by atoms with E-state index in [4.69, 9.17) is 4.74 Å². The van der Waals surface area contributed by atoms with Crippen LogP contribution < -0.4 is 4.90 Å². The predicted molar refractivity (Wildman–Crippen MR) is 78.9 cm³/mol. The average Bonchev–Trinajstić information content (AvgIpc) is 2.97. The lowest BCUT2D eigenvalue weighted by Gasteiger charge is -2.32. The molecule has 1 N–H and O–H groups in total. The van der Waals surface area contributed by atoms with Crippen LogP contribution in [0.25, 0.3) is 0 Å². The number of ether oxygens (including phenoxy) is 1. The third kappa shape index (κ3) is 3.01. The minimum atomic E-state index is -0.910. The molecule has 114 valence electrons. The fourth-order valence-electron chi connectivity index (χ4n) is 3.17. The molecule has 3 heterocycles. The number of morpholine rings is 1. The molecular formula is C15H21N3O3. The maximum atomic E-state index is 11.4. The number of hydrogen-bond donors (Lipinski definition) is 1. The number of hydrogen-bond acceptors (Lipinski definition) is 5. The topological polar surface area (TPSA) is 65.9 Å². The van der Waals surface area contributed by atoms with Crippen molar-refractivity contribution in [3.05, 3.63) is 23.5 Å². The van der Waals surface area contributed by atoms with Crippen LogP contribution in [0.15, 0.2) is 12.3 Å². The first kappa shape index (κ1) is 14.3. The van der Waals surface area contributed by atoms with Crippen molar-refractivity contribution in [3.63, 3.8) is 0 Å². The molecule has 2 aliphatic rings. The van der Waals surface area contributed by atoms with Crippen LogP contribution in [-0.2, 0) is 4.74 Å².